The Hall–Kier alpha value is -0.640. The van der Waals surface area contributed by atoms with Crippen LogP contribution < -0.4 is 0 Å². The largest absolute Gasteiger partial charge is 0.394 e. The summed E-state index contributed by atoms with van der Waals surface area (Å²) in [6.07, 6.45) is -24.3. The number of hydrogen-bond donors (Lipinski definition) is 10. The summed E-state index contributed by atoms with van der Waals surface area (Å²) >= 11 is 0. The Labute approximate surface area is 218 Å². The van der Waals surface area contributed by atoms with Crippen LogP contribution in [0.25, 0.3) is 0 Å². The van der Waals surface area contributed by atoms with Crippen LogP contribution in [0, 0.1) is 0 Å². The molecule has 0 aromatic rings. The lowest BCUT2D eigenvalue weighted by molar-refractivity contribution is -0.383. The molecule has 3 saturated heterocycles. The lowest BCUT2D eigenvalue weighted by Crippen LogP contribution is -2.67. The van der Waals surface area contributed by atoms with E-state index >= 15 is 0 Å². The molecule has 3 fully saturated rings. The maximum absolute atomic E-state index is 10.9. The lowest BCUT2D eigenvalue weighted by atomic mass is 9.96. The van der Waals surface area contributed by atoms with Gasteiger partial charge in [0.05, 0.1) is 25.4 Å². The van der Waals surface area contributed by atoms with Crippen molar-refractivity contribution in [2.75, 3.05) is 19.8 Å². The molecule has 15 unspecified atom stereocenters. The molecule has 224 valence electrons. The van der Waals surface area contributed by atoms with Crippen molar-refractivity contribution >= 4 is 0 Å². The van der Waals surface area contributed by atoms with Crippen LogP contribution in [0.5, 0.6) is 0 Å². The van der Waals surface area contributed by atoms with Crippen molar-refractivity contribution in [1.82, 2.24) is 0 Å². The van der Waals surface area contributed by atoms with Crippen LogP contribution in [0.4, 0.5) is 0 Å². The minimum atomic E-state index is -1.88. The fourth-order valence-electron chi connectivity index (χ4n) is 4.48. The van der Waals surface area contributed by atoms with E-state index in [-0.39, 0.29) is 0 Å². The van der Waals surface area contributed by atoms with Crippen molar-refractivity contribution in [3.05, 3.63) is 0 Å². The zero-order valence-electron chi connectivity index (χ0n) is 21.2. The third-order valence-corrected chi connectivity index (χ3v) is 6.54. The average molecular weight is 561 g/mol. The standard InChI is InChI=1S/C22H40O16/c1-22(2,3)38-21-15(31)13(29)17(9(6-25)35-21)36-20-16(32)18(11(27)8(5-24)34-20)37-19-14(30)12(28)10(26)7(4-23)33-19/h7-21,23-32H,4-6H2,1-3H3. The van der Waals surface area contributed by atoms with Crippen molar-refractivity contribution in [2.24, 2.45) is 0 Å². The summed E-state index contributed by atoms with van der Waals surface area (Å²) in [6.45, 7) is 2.83. The van der Waals surface area contributed by atoms with E-state index in [9.17, 15) is 51.1 Å². The van der Waals surface area contributed by atoms with Crippen molar-refractivity contribution in [2.45, 2.75) is 118 Å². The highest BCUT2D eigenvalue weighted by Gasteiger charge is 2.54. The molecule has 3 rings (SSSR count). The van der Waals surface area contributed by atoms with Crippen molar-refractivity contribution in [1.29, 1.82) is 0 Å². The van der Waals surface area contributed by atoms with Gasteiger partial charge in [-0.25, -0.2) is 0 Å². The van der Waals surface area contributed by atoms with Crippen LogP contribution in [0.3, 0.4) is 0 Å². The van der Waals surface area contributed by atoms with Crippen LogP contribution >= 0.6 is 0 Å². The van der Waals surface area contributed by atoms with Gasteiger partial charge in [-0.2, -0.15) is 0 Å². The molecule has 0 bridgehead atoms. The first-order chi connectivity index (χ1) is 17.7. The molecule has 0 spiro atoms. The van der Waals surface area contributed by atoms with Gasteiger partial charge in [-0.05, 0) is 20.8 Å². The van der Waals surface area contributed by atoms with E-state index in [2.05, 4.69) is 0 Å². The van der Waals surface area contributed by atoms with Gasteiger partial charge in [0.25, 0.3) is 0 Å². The molecule has 16 heteroatoms. The Morgan fingerprint density at radius 2 is 0.947 bits per heavy atom. The molecule has 10 N–H and O–H groups in total. The fourth-order valence-corrected chi connectivity index (χ4v) is 4.48. The first kappa shape index (κ1) is 31.9. The molecule has 3 aliphatic heterocycles. The fraction of sp³-hybridized carbons (Fsp3) is 1.00. The first-order valence-electron chi connectivity index (χ1n) is 12.3. The van der Waals surface area contributed by atoms with Gasteiger partial charge in [0.15, 0.2) is 18.9 Å². The molecular formula is C22H40O16. The summed E-state index contributed by atoms with van der Waals surface area (Å²) in [7, 11) is 0. The summed E-state index contributed by atoms with van der Waals surface area (Å²) in [5.74, 6) is 0. The molecular weight excluding hydrogens is 520 g/mol. The molecule has 0 amide bonds. The highest BCUT2D eigenvalue weighted by Crippen LogP contribution is 2.33. The summed E-state index contributed by atoms with van der Waals surface area (Å²) in [5, 5.41) is 102. The minimum absolute atomic E-state index is 0.696. The van der Waals surface area contributed by atoms with Gasteiger partial charge in [-0.1, -0.05) is 0 Å². The molecule has 0 aromatic carbocycles. The zero-order chi connectivity index (χ0) is 28.5. The van der Waals surface area contributed by atoms with Crippen LogP contribution in [-0.2, 0) is 28.4 Å². The summed E-state index contributed by atoms with van der Waals surface area (Å²) < 4.78 is 33.0. The lowest BCUT2D eigenvalue weighted by Gasteiger charge is -2.48. The zero-order valence-corrected chi connectivity index (χ0v) is 21.2. The summed E-state index contributed by atoms with van der Waals surface area (Å²) in [6, 6.07) is 0. The number of ether oxygens (including phenoxy) is 6. The molecule has 15 atom stereocenters. The number of aliphatic hydroxyl groups is 10. The Balaban J connectivity index is 1.77. The molecule has 0 radical (unpaired) electrons. The molecule has 0 aliphatic carbocycles. The van der Waals surface area contributed by atoms with Gasteiger partial charge in [0, 0.05) is 0 Å². The minimum Gasteiger partial charge on any atom is -0.394 e. The quantitative estimate of drug-likeness (QED) is 0.133. The SMILES string of the molecule is CC(C)(C)OC1OC(CO)C(OC2OC(CO)C(O)C(OC3OC(CO)C(O)C(O)C3O)C2O)C(O)C1O. The van der Waals surface area contributed by atoms with Gasteiger partial charge in [-0.3, -0.25) is 0 Å². The predicted molar refractivity (Wildman–Crippen MR) is 120 cm³/mol. The van der Waals surface area contributed by atoms with E-state index < -0.39 is 118 Å². The van der Waals surface area contributed by atoms with Gasteiger partial charge < -0.3 is 79.5 Å². The Kier molecular flexibility index (Phi) is 10.8. The van der Waals surface area contributed by atoms with Crippen molar-refractivity contribution < 1.29 is 79.5 Å². The summed E-state index contributed by atoms with van der Waals surface area (Å²) in [4.78, 5) is 0. The second-order valence-electron chi connectivity index (χ2n) is 10.5. The van der Waals surface area contributed by atoms with Crippen LogP contribution in [0.1, 0.15) is 20.8 Å². The molecule has 3 heterocycles. The predicted octanol–water partition coefficient (Wildman–Crippen LogP) is -5.75. The van der Waals surface area contributed by atoms with Gasteiger partial charge >= 0.3 is 0 Å². The smallest absolute Gasteiger partial charge is 0.187 e. The number of hydrogen-bond acceptors (Lipinski definition) is 16. The highest BCUT2D eigenvalue weighted by atomic mass is 16.8. The van der Waals surface area contributed by atoms with Crippen LogP contribution in [-0.4, -0.2) is 169 Å². The third kappa shape index (κ3) is 6.80. The second-order valence-corrected chi connectivity index (χ2v) is 10.5. The van der Waals surface area contributed by atoms with Gasteiger partial charge in [0.1, 0.15) is 73.2 Å². The molecule has 16 nitrogen and oxygen atoms in total. The Morgan fingerprint density at radius 1 is 0.500 bits per heavy atom. The topological polar surface area (TPSA) is 258 Å². The van der Waals surface area contributed by atoms with Crippen molar-refractivity contribution in [3.8, 4) is 0 Å². The normalized spacial score (nSPS) is 48.7. The highest BCUT2D eigenvalue weighted by molar-refractivity contribution is 4.96. The van der Waals surface area contributed by atoms with Crippen LogP contribution in [0.2, 0.25) is 0 Å². The third-order valence-electron chi connectivity index (χ3n) is 6.54. The van der Waals surface area contributed by atoms with E-state index in [0.29, 0.717) is 0 Å². The van der Waals surface area contributed by atoms with Crippen LogP contribution in [0.15, 0.2) is 0 Å². The molecule has 3 aliphatic rings. The molecule has 0 saturated carbocycles. The average Bonchev–Trinajstić information content (AvgIpc) is 2.86. The number of aliphatic hydroxyl groups excluding tert-OH is 10. The monoisotopic (exact) mass is 560 g/mol. The van der Waals surface area contributed by atoms with Gasteiger partial charge in [-0.15, -0.1) is 0 Å². The molecule has 38 heavy (non-hydrogen) atoms. The van der Waals surface area contributed by atoms with E-state index in [1.165, 1.54) is 0 Å². The summed E-state index contributed by atoms with van der Waals surface area (Å²) in [5.41, 5.74) is -0.777. The maximum Gasteiger partial charge on any atom is 0.187 e. The number of rotatable bonds is 8. The maximum atomic E-state index is 10.9. The van der Waals surface area contributed by atoms with E-state index in [0.717, 1.165) is 0 Å². The molecule has 0 aromatic heterocycles. The first-order valence-corrected chi connectivity index (χ1v) is 12.3. The Bertz CT molecular complexity index is 733. The van der Waals surface area contributed by atoms with Gasteiger partial charge in [0.2, 0.25) is 0 Å². The van der Waals surface area contributed by atoms with E-state index in [4.69, 9.17) is 28.4 Å². The van der Waals surface area contributed by atoms with E-state index in [1.807, 2.05) is 0 Å². The van der Waals surface area contributed by atoms with Crippen molar-refractivity contribution in [3.63, 3.8) is 0 Å². The Morgan fingerprint density at radius 3 is 1.47 bits per heavy atom. The second kappa shape index (κ2) is 12.9. The van der Waals surface area contributed by atoms with E-state index in [1.54, 1.807) is 20.8 Å².